The summed E-state index contributed by atoms with van der Waals surface area (Å²) >= 11 is 5.86. The van der Waals surface area contributed by atoms with Crippen molar-refractivity contribution >= 4 is 23.2 Å². The summed E-state index contributed by atoms with van der Waals surface area (Å²) < 4.78 is 5.19. The van der Waals surface area contributed by atoms with Gasteiger partial charge in [0.05, 0.1) is 11.5 Å². The molecular weight excluding hydrogens is 372 g/mol. The topological polar surface area (TPSA) is 102 Å². The number of hydrogen-bond donors (Lipinski definition) is 0. The van der Waals surface area contributed by atoms with Gasteiger partial charge in [-0.25, -0.2) is 0 Å². The highest BCUT2D eigenvalue weighted by atomic mass is 35.5. The molecule has 0 spiro atoms. The molecule has 8 nitrogen and oxygen atoms in total. The van der Waals surface area contributed by atoms with Crippen LogP contribution < -0.4 is 0 Å². The zero-order valence-electron chi connectivity index (χ0n) is 14.5. The summed E-state index contributed by atoms with van der Waals surface area (Å²) in [5.74, 6) is 0.246. The predicted octanol–water partition coefficient (Wildman–Crippen LogP) is 3.88. The fourth-order valence-electron chi connectivity index (χ4n) is 2.47. The van der Waals surface area contributed by atoms with Gasteiger partial charge in [-0.05, 0) is 37.3 Å². The van der Waals surface area contributed by atoms with Crippen molar-refractivity contribution in [2.24, 2.45) is 0 Å². The number of aromatic nitrogens is 2. The highest BCUT2D eigenvalue weighted by Crippen LogP contribution is 2.21. The zero-order valence-corrected chi connectivity index (χ0v) is 15.3. The van der Waals surface area contributed by atoms with Crippen LogP contribution in [0.2, 0.25) is 5.02 Å². The number of hydrogen-bond acceptors (Lipinski definition) is 6. The number of rotatable bonds is 5. The highest BCUT2D eigenvalue weighted by Gasteiger charge is 2.19. The molecule has 138 valence electrons. The van der Waals surface area contributed by atoms with Gasteiger partial charge in [0.1, 0.15) is 0 Å². The lowest BCUT2D eigenvalue weighted by Gasteiger charge is -2.14. The van der Waals surface area contributed by atoms with Crippen molar-refractivity contribution < 1.29 is 14.2 Å². The highest BCUT2D eigenvalue weighted by molar-refractivity contribution is 6.30. The second-order valence-electron chi connectivity index (χ2n) is 5.94. The van der Waals surface area contributed by atoms with Crippen LogP contribution in [-0.4, -0.2) is 32.9 Å². The summed E-state index contributed by atoms with van der Waals surface area (Å²) in [4.78, 5) is 28.7. The first-order valence-corrected chi connectivity index (χ1v) is 8.32. The lowest BCUT2D eigenvalue weighted by Crippen LogP contribution is -2.26. The molecule has 0 radical (unpaired) electrons. The number of benzene rings is 2. The Morgan fingerprint density at radius 1 is 1.26 bits per heavy atom. The average molecular weight is 387 g/mol. The molecule has 1 amide bonds. The minimum atomic E-state index is -0.511. The number of carbonyl (C=O) groups is 1. The van der Waals surface area contributed by atoms with E-state index in [2.05, 4.69) is 10.1 Å². The Morgan fingerprint density at radius 3 is 2.63 bits per heavy atom. The summed E-state index contributed by atoms with van der Waals surface area (Å²) in [5, 5.41) is 15.5. The predicted molar refractivity (Wildman–Crippen MR) is 98.4 cm³/mol. The van der Waals surface area contributed by atoms with Gasteiger partial charge in [0, 0.05) is 34.8 Å². The Kier molecular flexibility index (Phi) is 5.18. The van der Waals surface area contributed by atoms with Crippen molar-refractivity contribution in [2.45, 2.75) is 13.5 Å². The first kappa shape index (κ1) is 18.5. The number of nitro groups is 1. The number of carbonyl (C=O) groups excluding carboxylic acids is 1. The van der Waals surface area contributed by atoms with E-state index in [1.54, 1.807) is 50.4 Å². The van der Waals surface area contributed by atoms with E-state index in [0.717, 1.165) is 5.56 Å². The largest absolute Gasteiger partial charge is 0.337 e. The number of nitrogens with zero attached hydrogens (tertiary/aromatic N) is 4. The molecular formula is C18H15ClN4O4. The number of aryl methyl sites for hydroxylation is 1. The Balaban J connectivity index is 1.75. The van der Waals surface area contributed by atoms with Crippen LogP contribution in [0.4, 0.5) is 5.69 Å². The van der Waals surface area contributed by atoms with Crippen LogP contribution in [0.25, 0.3) is 11.4 Å². The zero-order chi connectivity index (χ0) is 19.6. The standard InChI is InChI=1S/C18H15ClN4O4/c1-11-3-4-13(9-15(11)23(25)26)18(24)22(2)10-16-20-17(21-27-16)12-5-7-14(19)8-6-12/h3-9H,10H2,1-2H3. The average Bonchev–Trinajstić information content (AvgIpc) is 3.10. The molecule has 0 unspecified atom stereocenters. The second kappa shape index (κ2) is 7.55. The molecule has 1 aromatic heterocycles. The molecule has 0 atom stereocenters. The fraction of sp³-hybridized carbons (Fsp3) is 0.167. The van der Waals surface area contributed by atoms with E-state index in [9.17, 15) is 14.9 Å². The van der Waals surface area contributed by atoms with Gasteiger partial charge in [-0.15, -0.1) is 0 Å². The SMILES string of the molecule is Cc1ccc(C(=O)N(C)Cc2nc(-c3ccc(Cl)cc3)no2)cc1[N+](=O)[O-]. The minimum Gasteiger partial charge on any atom is -0.337 e. The molecule has 0 fully saturated rings. The third kappa shape index (κ3) is 4.12. The molecule has 0 saturated carbocycles. The Morgan fingerprint density at radius 2 is 1.96 bits per heavy atom. The lowest BCUT2D eigenvalue weighted by molar-refractivity contribution is -0.385. The minimum absolute atomic E-state index is 0.0705. The van der Waals surface area contributed by atoms with Gasteiger partial charge in [0.15, 0.2) is 0 Å². The normalized spacial score (nSPS) is 10.6. The van der Waals surface area contributed by atoms with Crippen LogP contribution in [0, 0.1) is 17.0 Å². The van der Waals surface area contributed by atoms with E-state index in [4.69, 9.17) is 16.1 Å². The van der Waals surface area contributed by atoms with E-state index in [-0.39, 0.29) is 29.6 Å². The third-order valence-corrected chi connectivity index (χ3v) is 4.19. The summed E-state index contributed by atoms with van der Waals surface area (Å²) in [6, 6.07) is 11.3. The summed E-state index contributed by atoms with van der Waals surface area (Å²) in [6.07, 6.45) is 0. The molecule has 27 heavy (non-hydrogen) atoms. The van der Waals surface area contributed by atoms with E-state index >= 15 is 0 Å². The molecule has 0 aliphatic carbocycles. The second-order valence-corrected chi connectivity index (χ2v) is 6.37. The van der Waals surface area contributed by atoms with E-state index in [1.165, 1.54) is 11.0 Å². The number of halogens is 1. The smallest absolute Gasteiger partial charge is 0.273 e. The van der Waals surface area contributed by atoms with Gasteiger partial charge in [0.2, 0.25) is 11.7 Å². The van der Waals surface area contributed by atoms with Crippen molar-refractivity contribution in [3.05, 3.63) is 74.6 Å². The van der Waals surface area contributed by atoms with Crippen molar-refractivity contribution in [2.75, 3.05) is 7.05 Å². The van der Waals surface area contributed by atoms with Gasteiger partial charge < -0.3 is 9.42 Å². The lowest BCUT2D eigenvalue weighted by atomic mass is 10.1. The summed E-state index contributed by atoms with van der Waals surface area (Å²) in [5.41, 5.74) is 1.34. The van der Waals surface area contributed by atoms with Crippen LogP contribution in [0.15, 0.2) is 47.0 Å². The maximum absolute atomic E-state index is 12.5. The van der Waals surface area contributed by atoms with Gasteiger partial charge in [-0.1, -0.05) is 22.8 Å². The van der Waals surface area contributed by atoms with Crippen LogP contribution >= 0.6 is 11.6 Å². The molecule has 2 aromatic carbocycles. The van der Waals surface area contributed by atoms with Crippen molar-refractivity contribution in [1.82, 2.24) is 15.0 Å². The van der Waals surface area contributed by atoms with Gasteiger partial charge >= 0.3 is 0 Å². The quantitative estimate of drug-likeness (QED) is 0.487. The van der Waals surface area contributed by atoms with Crippen molar-refractivity contribution in [1.29, 1.82) is 0 Å². The Labute approximate surface area is 159 Å². The third-order valence-electron chi connectivity index (χ3n) is 3.94. The molecule has 9 heteroatoms. The molecule has 1 heterocycles. The monoisotopic (exact) mass is 386 g/mol. The fourth-order valence-corrected chi connectivity index (χ4v) is 2.60. The molecule has 0 bridgehead atoms. The van der Waals surface area contributed by atoms with E-state index in [0.29, 0.717) is 16.4 Å². The maximum Gasteiger partial charge on any atom is 0.273 e. The molecule has 0 N–H and O–H groups in total. The van der Waals surface area contributed by atoms with Crippen molar-refractivity contribution in [3.8, 4) is 11.4 Å². The first-order valence-electron chi connectivity index (χ1n) is 7.94. The Bertz CT molecular complexity index is 1000. The van der Waals surface area contributed by atoms with Crippen molar-refractivity contribution in [3.63, 3.8) is 0 Å². The van der Waals surface area contributed by atoms with E-state index in [1.807, 2.05) is 0 Å². The molecule has 3 rings (SSSR count). The number of nitro benzene ring substituents is 1. The van der Waals surface area contributed by atoms with E-state index < -0.39 is 4.92 Å². The van der Waals surface area contributed by atoms with Gasteiger partial charge in [-0.2, -0.15) is 4.98 Å². The molecule has 0 aliphatic rings. The molecule has 3 aromatic rings. The van der Waals surface area contributed by atoms with Gasteiger partial charge in [0.25, 0.3) is 11.6 Å². The van der Waals surface area contributed by atoms with Crippen LogP contribution in [-0.2, 0) is 6.54 Å². The molecule has 0 aliphatic heterocycles. The number of amides is 1. The van der Waals surface area contributed by atoms with Gasteiger partial charge in [-0.3, -0.25) is 14.9 Å². The molecule has 0 saturated heterocycles. The van der Waals surface area contributed by atoms with Crippen LogP contribution in [0.1, 0.15) is 21.8 Å². The Hall–Kier alpha value is -3.26. The summed E-state index contributed by atoms with van der Waals surface area (Å²) in [7, 11) is 1.56. The van der Waals surface area contributed by atoms with Crippen LogP contribution in [0.3, 0.4) is 0 Å². The van der Waals surface area contributed by atoms with Crippen LogP contribution in [0.5, 0.6) is 0 Å². The summed E-state index contributed by atoms with van der Waals surface area (Å²) in [6.45, 7) is 1.69. The maximum atomic E-state index is 12.5. The first-order chi connectivity index (χ1) is 12.8.